The van der Waals surface area contributed by atoms with Crippen LogP contribution < -0.4 is 5.32 Å². The Balaban J connectivity index is 1.78. The first-order valence-corrected chi connectivity index (χ1v) is 7.12. The number of carboxylic acid groups (broad SMARTS) is 1. The summed E-state index contributed by atoms with van der Waals surface area (Å²) in [7, 11) is 0. The molecule has 2 unspecified atom stereocenters. The van der Waals surface area contributed by atoms with Gasteiger partial charge in [-0.1, -0.05) is 25.7 Å². The normalized spacial score (nSPS) is 30.3. The van der Waals surface area contributed by atoms with Crippen LogP contribution in [0.1, 0.15) is 51.9 Å². The summed E-state index contributed by atoms with van der Waals surface area (Å²) < 4.78 is 0. The summed E-state index contributed by atoms with van der Waals surface area (Å²) in [5, 5.41) is 11.8. The van der Waals surface area contributed by atoms with Crippen molar-refractivity contribution in [3.63, 3.8) is 0 Å². The lowest BCUT2D eigenvalue weighted by Crippen LogP contribution is -2.39. The van der Waals surface area contributed by atoms with Crippen LogP contribution in [0.2, 0.25) is 0 Å². The summed E-state index contributed by atoms with van der Waals surface area (Å²) in [6.07, 6.45) is 8.02. The molecule has 4 heteroatoms. The highest BCUT2D eigenvalue weighted by atomic mass is 16.4. The number of hydrogen-bond donors (Lipinski definition) is 2. The Bertz CT molecular complexity index is 321. The molecule has 2 aliphatic carbocycles. The van der Waals surface area contributed by atoms with Gasteiger partial charge in [0.1, 0.15) is 0 Å². The van der Waals surface area contributed by atoms with Gasteiger partial charge in [0.05, 0.1) is 11.8 Å². The Labute approximate surface area is 108 Å². The van der Waals surface area contributed by atoms with Gasteiger partial charge < -0.3 is 10.4 Å². The zero-order valence-electron chi connectivity index (χ0n) is 11.0. The maximum Gasteiger partial charge on any atom is 0.307 e. The van der Waals surface area contributed by atoms with Gasteiger partial charge >= 0.3 is 5.97 Å². The van der Waals surface area contributed by atoms with E-state index < -0.39 is 11.9 Å². The van der Waals surface area contributed by atoms with Gasteiger partial charge in [-0.2, -0.15) is 0 Å². The molecule has 102 valence electrons. The minimum atomic E-state index is -0.836. The third-order valence-electron chi connectivity index (χ3n) is 4.42. The highest BCUT2D eigenvalue weighted by molar-refractivity contribution is 5.89. The largest absolute Gasteiger partial charge is 0.481 e. The zero-order valence-corrected chi connectivity index (χ0v) is 11.0. The topological polar surface area (TPSA) is 66.4 Å². The molecule has 2 fully saturated rings. The molecular formula is C14H23NO3. The van der Waals surface area contributed by atoms with Gasteiger partial charge in [0.25, 0.3) is 0 Å². The minimum Gasteiger partial charge on any atom is -0.481 e. The van der Waals surface area contributed by atoms with Crippen LogP contribution in [-0.4, -0.2) is 23.0 Å². The molecule has 0 heterocycles. The standard InChI is InChI=1S/C14H23NO3/c1-9(10-6-4-2-3-5-7-10)15-13(16)11-8-12(11)14(17)18/h9-12H,2-8H2,1H3,(H,15,16)(H,17,18)/t9-,11?,12?/m1/s1. The third kappa shape index (κ3) is 3.24. The Morgan fingerprint density at radius 1 is 1.11 bits per heavy atom. The smallest absolute Gasteiger partial charge is 0.307 e. The Hall–Kier alpha value is -1.06. The fraction of sp³-hybridized carbons (Fsp3) is 0.857. The third-order valence-corrected chi connectivity index (χ3v) is 4.42. The predicted octanol–water partition coefficient (Wildman–Crippen LogP) is 2.18. The van der Waals surface area contributed by atoms with Gasteiger partial charge in [-0.05, 0) is 32.1 Å². The fourth-order valence-corrected chi connectivity index (χ4v) is 3.02. The quantitative estimate of drug-likeness (QED) is 0.755. The van der Waals surface area contributed by atoms with Crippen molar-refractivity contribution in [2.75, 3.05) is 0 Å². The summed E-state index contributed by atoms with van der Waals surface area (Å²) in [6.45, 7) is 2.06. The average Bonchev–Trinajstić information content (AvgIpc) is 3.13. The van der Waals surface area contributed by atoms with E-state index in [-0.39, 0.29) is 17.9 Å². The van der Waals surface area contributed by atoms with Gasteiger partial charge in [-0.15, -0.1) is 0 Å². The molecule has 4 nitrogen and oxygen atoms in total. The van der Waals surface area contributed by atoms with Crippen molar-refractivity contribution < 1.29 is 14.7 Å². The summed E-state index contributed by atoms with van der Waals surface area (Å²) in [6, 6.07) is 0.186. The number of nitrogens with one attached hydrogen (secondary N) is 1. The molecule has 2 saturated carbocycles. The van der Waals surface area contributed by atoms with E-state index in [0.29, 0.717) is 12.3 Å². The van der Waals surface area contributed by atoms with E-state index in [1.54, 1.807) is 0 Å². The van der Waals surface area contributed by atoms with Crippen LogP contribution in [-0.2, 0) is 9.59 Å². The first-order chi connectivity index (χ1) is 8.59. The van der Waals surface area contributed by atoms with Crippen molar-refractivity contribution in [3.8, 4) is 0 Å². The summed E-state index contributed by atoms with van der Waals surface area (Å²) in [4.78, 5) is 22.6. The number of amides is 1. The second-order valence-corrected chi connectivity index (χ2v) is 5.84. The maximum absolute atomic E-state index is 11.9. The van der Waals surface area contributed by atoms with Crippen molar-refractivity contribution in [2.45, 2.75) is 57.9 Å². The van der Waals surface area contributed by atoms with Crippen LogP contribution in [0.5, 0.6) is 0 Å². The maximum atomic E-state index is 11.9. The van der Waals surface area contributed by atoms with E-state index in [0.717, 1.165) is 0 Å². The number of carboxylic acids is 1. The molecule has 18 heavy (non-hydrogen) atoms. The van der Waals surface area contributed by atoms with Crippen LogP contribution in [0.4, 0.5) is 0 Å². The van der Waals surface area contributed by atoms with Crippen molar-refractivity contribution in [3.05, 3.63) is 0 Å². The highest BCUT2D eigenvalue weighted by Crippen LogP contribution is 2.39. The molecule has 2 aliphatic rings. The minimum absolute atomic E-state index is 0.0563. The number of aliphatic carboxylic acids is 1. The Morgan fingerprint density at radius 2 is 1.72 bits per heavy atom. The van der Waals surface area contributed by atoms with Crippen molar-refractivity contribution in [2.24, 2.45) is 17.8 Å². The van der Waals surface area contributed by atoms with Crippen LogP contribution in [0.25, 0.3) is 0 Å². The van der Waals surface area contributed by atoms with Gasteiger partial charge in [0, 0.05) is 6.04 Å². The average molecular weight is 253 g/mol. The van der Waals surface area contributed by atoms with E-state index in [1.807, 2.05) is 0 Å². The van der Waals surface area contributed by atoms with Crippen molar-refractivity contribution in [1.29, 1.82) is 0 Å². The lowest BCUT2D eigenvalue weighted by Gasteiger charge is -2.23. The van der Waals surface area contributed by atoms with Crippen molar-refractivity contribution in [1.82, 2.24) is 5.32 Å². The van der Waals surface area contributed by atoms with Gasteiger partial charge in [0.15, 0.2) is 0 Å². The Kier molecular flexibility index (Phi) is 4.25. The fourth-order valence-electron chi connectivity index (χ4n) is 3.02. The summed E-state index contributed by atoms with van der Waals surface area (Å²) in [5.74, 6) is -1.04. The number of carbonyl (C=O) groups excluding carboxylic acids is 1. The number of rotatable bonds is 4. The molecule has 0 aromatic carbocycles. The van der Waals surface area contributed by atoms with Gasteiger partial charge in [-0.3, -0.25) is 9.59 Å². The molecule has 0 aromatic rings. The van der Waals surface area contributed by atoms with E-state index in [9.17, 15) is 9.59 Å². The molecule has 0 aliphatic heterocycles. The van der Waals surface area contributed by atoms with Crippen LogP contribution in [0, 0.1) is 17.8 Å². The van der Waals surface area contributed by atoms with E-state index in [2.05, 4.69) is 12.2 Å². The highest BCUT2D eigenvalue weighted by Gasteiger charge is 2.48. The monoisotopic (exact) mass is 253 g/mol. The van der Waals surface area contributed by atoms with Gasteiger partial charge in [-0.25, -0.2) is 0 Å². The first kappa shape index (κ1) is 13.4. The molecule has 0 bridgehead atoms. The molecule has 0 saturated heterocycles. The first-order valence-electron chi connectivity index (χ1n) is 7.12. The lowest BCUT2D eigenvalue weighted by atomic mass is 9.93. The molecule has 0 radical (unpaired) electrons. The second kappa shape index (κ2) is 5.72. The molecule has 2 rings (SSSR count). The predicted molar refractivity (Wildman–Crippen MR) is 68.0 cm³/mol. The van der Waals surface area contributed by atoms with Gasteiger partial charge in [0.2, 0.25) is 5.91 Å². The number of carbonyl (C=O) groups is 2. The lowest BCUT2D eigenvalue weighted by molar-refractivity contribution is -0.140. The summed E-state index contributed by atoms with van der Waals surface area (Å²) in [5.41, 5.74) is 0. The van der Waals surface area contributed by atoms with E-state index >= 15 is 0 Å². The second-order valence-electron chi connectivity index (χ2n) is 5.84. The van der Waals surface area contributed by atoms with E-state index in [4.69, 9.17) is 5.11 Å². The molecule has 2 N–H and O–H groups in total. The molecule has 3 atom stereocenters. The van der Waals surface area contributed by atoms with Crippen LogP contribution in [0.3, 0.4) is 0 Å². The van der Waals surface area contributed by atoms with E-state index in [1.165, 1.54) is 38.5 Å². The van der Waals surface area contributed by atoms with Crippen LogP contribution in [0.15, 0.2) is 0 Å². The molecular weight excluding hydrogens is 230 g/mol. The SMILES string of the molecule is C[C@@H](NC(=O)C1CC1C(=O)O)C1CCCCCC1. The van der Waals surface area contributed by atoms with Crippen molar-refractivity contribution >= 4 is 11.9 Å². The molecule has 0 aromatic heterocycles. The zero-order chi connectivity index (χ0) is 13.1. The molecule has 1 amide bonds. The number of hydrogen-bond acceptors (Lipinski definition) is 2. The molecule has 0 spiro atoms. The Morgan fingerprint density at radius 3 is 2.22 bits per heavy atom. The van der Waals surface area contributed by atoms with Crippen LogP contribution >= 0.6 is 0 Å². The summed E-state index contributed by atoms with van der Waals surface area (Å²) >= 11 is 0.